The van der Waals surface area contributed by atoms with Gasteiger partial charge in [-0.2, -0.15) is 5.53 Å². The summed E-state index contributed by atoms with van der Waals surface area (Å²) in [6.45, 7) is 7.44. The molecule has 8 nitrogen and oxygen atoms in total. The second-order valence-electron chi connectivity index (χ2n) is 8.06. The van der Waals surface area contributed by atoms with E-state index in [1.54, 1.807) is 19.3 Å². The standard InChI is InChI=1S/C21H29N7O/c1-14(2)13-28-8-6-15(7-9-28)21(29)25-19-11-18-10-16(20(22)27(3)26-23)4-5-17(18)12-24-19/h4-5,10-12,14-15,22-23H,6-9,13H2,1-3H3,(H,24,25,29). The van der Waals surface area contributed by atoms with Crippen LogP contribution in [0.25, 0.3) is 10.8 Å². The summed E-state index contributed by atoms with van der Waals surface area (Å²) in [5, 5.41) is 17.3. The Kier molecular flexibility index (Phi) is 6.53. The van der Waals surface area contributed by atoms with Gasteiger partial charge in [0.2, 0.25) is 5.91 Å². The molecule has 1 fully saturated rings. The van der Waals surface area contributed by atoms with Gasteiger partial charge in [0.05, 0.1) is 0 Å². The van der Waals surface area contributed by atoms with E-state index in [-0.39, 0.29) is 17.7 Å². The van der Waals surface area contributed by atoms with Crippen molar-refractivity contribution in [3.05, 3.63) is 36.0 Å². The Morgan fingerprint density at radius 2 is 2.03 bits per heavy atom. The van der Waals surface area contributed by atoms with Crippen LogP contribution in [-0.4, -0.2) is 53.3 Å². The molecule has 1 aliphatic rings. The number of piperidine rings is 1. The van der Waals surface area contributed by atoms with E-state index >= 15 is 0 Å². The number of amidine groups is 1. The van der Waals surface area contributed by atoms with E-state index in [0.717, 1.165) is 43.2 Å². The minimum atomic E-state index is 0.0164. The van der Waals surface area contributed by atoms with E-state index in [0.29, 0.717) is 17.3 Å². The fourth-order valence-electron chi connectivity index (χ4n) is 3.72. The van der Waals surface area contributed by atoms with Crippen LogP contribution in [-0.2, 0) is 4.79 Å². The lowest BCUT2D eigenvalue weighted by atomic mass is 9.95. The summed E-state index contributed by atoms with van der Waals surface area (Å²) in [4.78, 5) is 19.5. The molecule has 29 heavy (non-hydrogen) atoms. The zero-order valence-electron chi connectivity index (χ0n) is 17.3. The number of anilines is 1. The molecule has 1 aromatic heterocycles. The quantitative estimate of drug-likeness (QED) is 0.299. The van der Waals surface area contributed by atoms with Gasteiger partial charge < -0.3 is 10.2 Å². The number of aromatic nitrogens is 1. The molecule has 8 heteroatoms. The lowest BCUT2D eigenvalue weighted by molar-refractivity contribution is -0.121. The average molecular weight is 396 g/mol. The summed E-state index contributed by atoms with van der Waals surface area (Å²) < 4.78 is 0. The summed E-state index contributed by atoms with van der Waals surface area (Å²) >= 11 is 0. The van der Waals surface area contributed by atoms with Gasteiger partial charge in [0.25, 0.3) is 0 Å². The van der Waals surface area contributed by atoms with E-state index in [1.807, 2.05) is 18.2 Å². The lowest BCUT2D eigenvalue weighted by Crippen LogP contribution is -2.39. The van der Waals surface area contributed by atoms with Gasteiger partial charge in [0.1, 0.15) is 11.7 Å². The number of likely N-dealkylation sites (tertiary alicyclic amines) is 1. The molecule has 0 radical (unpaired) electrons. The zero-order valence-corrected chi connectivity index (χ0v) is 17.3. The first kappa shape index (κ1) is 20.9. The second-order valence-corrected chi connectivity index (χ2v) is 8.06. The largest absolute Gasteiger partial charge is 0.310 e. The lowest BCUT2D eigenvalue weighted by Gasteiger charge is -2.32. The Hall–Kier alpha value is -2.87. The van der Waals surface area contributed by atoms with Crippen LogP contribution in [0.4, 0.5) is 5.82 Å². The van der Waals surface area contributed by atoms with Crippen molar-refractivity contribution in [1.29, 1.82) is 10.9 Å². The molecule has 2 heterocycles. The SMILES string of the molecule is CC(C)CN1CCC(C(=O)Nc2cc3cc(C(=N)N(C)N=N)ccc3cn2)CC1. The highest BCUT2D eigenvalue weighted by Gasteiger charge is 2.25. The molecule has 1 saturated heterocycles. The van der Waals surface area contributed by atoms with Crippen molar-refractivity contribution in [2.45, 2.75) is 26.7 Å². The first-order valence-corrected chi connectivity index (χ1v) is 10.0. The third-order valence-electron chi connectivity index (χ3n) is 5.30. The molecule has 0 aliphatic carbocycles. The van der Waals surface area contributed by atoms with Crippen LogP contribution in [0.1, 0.15) is 32.3 Å². The van der Waals surface area contributed by atoms with Crippen LogP contribution >= 0.6 is 0 Å². The van der Waals surface area contributed by atoms with Crippen molar-refractivity contribution >= 4 is 28.3 Å². The molecule has 0 atom stereocenters. The van der Waals surface area contributed by atoms with Crippen molar-refractivity contribution in [1.82, 2.24) is 14.9 Å². The van der Waals surface area contributed by atoms with Gasteiger partial charge in [0, 0.05) is 36.7 Å². The highest BCUT2D eigenvalue weighted by atomic mass is 16.1. The molecular weight excluding hydrogens is 366 g/mol. The van der Waals surface area contributed by atoms with E-state index in [9.17, 15) is 4.79 Å². The number of carbonyl (C=O) groups excluding carboxylic acids is 1. The minimum Gasteiger partial charge on any atom is -0.310 e. The Morgan fingerprint density at radius 3 is 2.69 bits per heavy atom. The van der Waals surface area contributed by atoms with Crippen LogP contribution in [0.5, 0.6) is 0 Å². The Bertz CT molecular complexity index is 903. The van der Waals surface area contributed by atoms with Crippen molar-refractivity contribution in [2.24, 2.45) is 17.1 Å². The molecule has 154 valence electrons. The minimum absolute atomic E-state index is 0.0164. The Labute approximate surface area is 171 Å². The van der Waals surface area contributed by atoms with E-state index in [4.69, 9.17) is 10.9 Å². The monoisotopic (exact) mass is 395 g/mol. The predicted octanol–water partition coefficient (Wildman–Crippen LogP) is 3.74. The zero-order chi connectivity index (χ0) is 21.0. The summed E-state index contributed by atoms with van der Waals surface area (Å²) in [6.07, 6.45) is 3.47. The van der Waals surface area contributed by atoms with Crippen LogP contribution < -0.4 is 5.32 Å². The smallest absolute Gasteiger partial charge is 0.228 e. The van der Waals surface area contributed by atoms with Gasteiger partial charge in [-0.05, 0) is 49.4 Å². The highest BCUT2D eigenvalue weighted by molar-refractivity contribution is 6.00. The number of nitrogens with zero attached hydrogens (tertiary/aromatic N) is 4. The summed E-state index contributed by atoms with van der Waals surface area (Å²) in [6, 6.07) is 7.36. The maximum Gasteiger partial charge on any atom is 0.228 e. The Morgan fingerprint density at radius 1 is 1.31 bits per heavy atom. The third kappa shape index (κ3) is 5.14. The normalized spacial score (nSPS) is 15.4. The molecule has 3 N–H and O–H groups in total. The number of benzene rings is 1. The number of hydrogen-bond donors (Lipinski definition) is 3. The molecule has 0 unspecified atom stereocenters. The molecule has 0 spiro atoms. The number of rotatable bonds is 6. The number of amides is 1. The van der Waals surface area contributed by atoms with Gasteiger partial charge in [-0.25, -0.2) is 9.99 Å². The summed E-state index contributed by atoms with van der Waals surface area (Å²) in [5.41, 5.74) is 7.71. The first-order chi connectivity index (χ1) is 13.9. The molecule has 2 aromatic rings. The van der Waals surface area contributed by atoms with E-state index in [1.165, 1.54) is 5.01 Å². The maximum absolute atomic E-state index is 12.7. The van der Waals surface area contributed by atoms with Gasteiger partial charge in [0.15, 0.2) is 0 Å². The maximum atomic E-state index is 12.7. The van der Waals surface area contributed by atoms with E-state index in [2.05, 4.69) is 34.3 Å². The fourth-order valence-corrected chi connectivity index (χ4v) is 3.72. The van der Waals surface area contributed by atoms with Gasteiger partial charge in [-0.1, -0.05) is 31.2 Å². The number of hydrogen-bond acceptors (Lipinski definition) is 6. The number of fused-ring (bicyclic) bond motifs is 1. The molecule has 0 saturated carbocycles. The van der Waals surface area contributed by atoms with Crippen LogP contribution in [0.15, 0.2) is 35.7 Å². The first-order valence-electron chi connectivity index (χ1n) is 10.0. The van der Waals surface area contributed by atoms with Gasteiger partial charge >= 0.3 is 0 Å². The van der Waals surface area contributed by atoms with Gasteiger partial charge in [-0.15, -0.1) is 0 Å². The predicted molar refractivity (Wildman–Crippen MR) is 114 cm³/mol. The summed E-state index contributed by atoms with van der Waals surface area (Å²) in [7, 11) is 1.56. The van der Waals surface area contributed by atoms with Crippen molar-refractivity contribution in [2.75, 3.05) is 32.0 Å². The molecule has 1 aliphatic heterocycles. The van der Waals surface area contributed by atoms with Crippen LogP contribution in [0, 0.1) is 22.8 Å². The number of pyridine rings is 1. The van der Waals surface area contributed by atoms with Crippen LogP contribution in [0.3, 0.4) is 0 Å². The summed E-state index contributed by atoms with van der Waals surface area (Å²) in [5.74, 6) is 1.34. The molecule has 1 aromatic carbocycles. The average Bonchev–Trinajstić information content (AvgIpc) is 2.72. The van der Waals surface area contributed by atoms with Crippen molar-refractivity contribution in [3.63, 3.8) is 0 Å². The molecular formula is C21H29N7O. The molecule has 1 amide bonds. The third-order valence-corrected chi connectivity index (χ3v) is 5.30. The van der Waals surface area contributed by atoms with Crippen molar-refractivity contribution < 1.29 is 4.79 Å². The molecule has 0 bridgehead atoms. The fraction of sp³-hybridized carbons (Fsp3) is 0.476. The molecule has 3 rings (SSSR count). The van der Waals surface area contributed by atoms with Crippen molar-refractivity contribution in [3.8, 4) is 0 Å². The highest BCUT2D eigenvalue weighted by Crippen LogP contribution is 2.22. The number of nitrogens with one attached hydrogen (secondary N) is 3. The topological polar surface area (TPSA) is 109 Å². The van der Waals surface area contributed by atoms with Crippen LogP contribution in [0.2, 0.25) is 0 Å². The number of carbonyl (C=O) groups is 1. The van der Waals surface area contributed by atoms with Gasteiger partial charge in [-0.3, -0.25) is 10.2 Å². The van der Waals surface area contributed by atoms with E-state index < -0.39 is 0 Å². The Balaban J connectivity index is 1.68. The second kappa shape index (κ2) is 9.09.